The molecule has 6 nitrogen and oxygen atoms in total. The minimum Gasteiger partial charge on any atom is -0.355 e. The van der Waals surface area contributed by atoms with Crippen LogP contribution in [0.3, 0.4) is 0 Å². The summed E-state index contributed by atoms with van der Waals surface area (Å²) in [7, 11) is 0. The SMILES string of the molecule is Cc1csc2c(N3CCC(NC(C)Cc4cnccn4)CC3)ncnc12. The Morgan fingerprint density at radius 2 is 2.08 bits per heavy atom. The summed E-state index contributed by atoms with van der Waals surface area (Å²) in [5.74, 6) is 1.10. The van der Waals surface area contributed by atoms with Gasteiger partial charge in [-0.1, -0.05) is 0 Å². The van der Waals surface area contributed by atoms with E-state index >= 15 is 0 Å². The molecule has 1 atom stereocenters. The van der Waals surface area contributed by atoms with Crippen molar-refractivity contribution in [3.63, 3.8) is 0 Å². The van der Waals surface area contributed by atoms with Gasteiger partial charge in [0.25, 0.3) is 0 Å². The molecule has 1 aliphatic rings. The van der Waals surface area contributed by atoms with Crippen LogP contribution in [-0.2, 0) is 6.42 Å². The molecule has 4 heterocycles. The number of rotatable bonds is 5. The van der Waals surface area contributed by atoms with E-state index in [9.17, 15) is 0 Å². The average molecular weight is 369 g/mol. The Hall–Kier alpha value is -2.12. The van der Waals surface area contributed by atoms with E-state index in [0.29, 0.717) is 12.1 Å². The van der Waals surface area contributed by atoms with Crippen LogP contribution < -0.4 is 10.2 Å². The highest BCUT2D eigenvalue weighted by molar-refractivity contribution is 7.18. The van der Waals surface area contributed by atoms with Crippen LogP contribution in [0.2, 0.25) is 0 Å². The molecule has 1 unspecified atom stereocenters. The summed E-state index contributed by atoms with van der Waals surface area (Å²) in [6.45, 7) is 6.39. The third-order valence-corrected chi connectivity index (χ3v) is 6.04. The molecular weight excluding hydrogens is 344 g/mol. The third-order valence-electron chi connectivity index (χ3n) is 4.96. The summed E-state index contributed by atoms with van der Waals surface area (Å²) >= 11 is 1.75. The van der Waals surface area contributed by atoms with Crippen molar-refractivity contribution in [2.75, 3.05) is 18.0 Å². The second-order valence-corrected chi connectivity index (χ2v) is 7.90. The van der Waals surface area contributed by atoms with Crippen molar-refractivity contribution in [2.24, 2.45) is 0 Å². The summed E-state index contributed by atoms with van der Waals surface area (Å²) < 4.78 is 1.22. The number of hydrogen-bond donors (Lipinski definition) is 1. The molecule has 0 aromatic carbocycles. The first-order valence-electron chi connectivity index (χ1n) is 9.15. The summed E-state index contributed by atoms with van der Waals surface area (Å²) in [4.78, 5) is 19.9. The quantitative estimate of drug-likeness (QED) is 0.747. The molecule has 4 rings (SSSR count). The number of piperidine rings is 1. The van der Waals surface area contributed by atoms with Gasteiger partial charge in [0.1, 0.15) is 12.1 Å². The smallest absolute Gasteiger partial charge is 0.150 e. The van der Waals surface area contributed by atoms with Crippen LogP contribution in [0.4, 0.5) is 5.82 Å². The minimum absolute atomic E-state index is 0.397. The number of fused-ring (bicyclic) bond motifs is 1. The van der Waals surface area contributed by atoms with Crippen molar-refractivity contribution in [1.29, 1.82) is 0 Å². The van der Waals surface area contributed by atoms with Crippen LogP contribution in [0, 0.1) is 6.92 Å². The predicted molar refractivity (Wildman–Crippen MR) is 106 cm³/mol. The second-order valence-electron chi connectivity index (χ2n) is 7.02. The van der Waals surface area contributed by atoms with Crippen LogP contribution in [0.5, 0.6) is 0 Å². The Balaban J connectivity index is 1.35. The standard InChI is InChI=1S/C19H24N6S/c1-13-11-26-18-17(13)22-12-23-19(18)25-7-3-15(4-8-25)24-14(2)9-16-10-20-5-6-21-16/h5-6,10-12,14-15,24H,3-4,7-9H2,1-2H3. The summed E-state index contributed by atoms with van der Waals surface area (Å²) in [5.41, 5.74) is 3.38. The van der Waals surface area contributed by atoms with E-state index < -0.39 is 0 Å². The van der Waals surface area contributed by atoms with Gasteiger partial charge in [0, 0.05) is 50.2 Å². The van der Waals surface area contributed by atoms with Gasteiger partial charge in [-0.2, -0.15) is 0 Å². The van der Waals surface area contributed by atoms with Crippen molar-refractivity contribution < 1.29 is 0 Å². The maximum absolute atomic E-state index is 4.58. The van der Waals surface area contributed by atoms with Gasteiger partial charge in [-0.05, 0) is 37.6 Å². The first-order chi connectivity index (χ1) is 12.7. The molecule has 0 aliphatic carbocycles. The Kier molecular flexibility index (Phi) is 5.08. The molecule has 0 saturated carbocycles. The number of nitrogens with one attached hydrogen (secondary N) is 1. The van der Waals surface area contributed by atoms with Crippen molar-refractivity contribution in [3.05, 3.63) is 41.6 Å². The van der Waals surface area contributed by atoms with Crippen LogP contribution in [0.1, 0.15) is 31.0 Å². The number of aromatic nitrogens is 4. The molecule has 0 amide bonds. The third kappa shape index (κ3) is 3.68. The predicted octanol–water partition coefficient (Wildman–Crippen LogP) is 2.98. The molecule has 1 N–H and O–H groups in total. The number of aryl methyl sites for hydroxylation is 1. The first kappa shape index (κ1) is 17.3. The molecule has 1 saturated heterocycles. The maximum atomic E-state index is 4.58. The Bertz CT molecular complexity index is 857. The van der Waals surface area contributed by atoms with Crippen molar-refractivity contribution >= 4 is 27.4 Å². The zero-order valence-corrected chi connectivity index (χ0v) is 16.0. The summed E-state index contributed by atoms with van der Waals surface area (Å²) in [6, 6.07) is 0.939. The van der Waals surface area contributed by atoms with E-state index in [1.807, 2.05) is 6.20 Å². The van der Waals surface area contributed by atoms with Crippen molar-refractivity contribution in [2.45, 2.75) is 45.2 Å². The van der Waals surface area contributed by atoms with Crippen LogP contribution >= 0.6 is 11.3 Å². The Morgan fingerprint density at radius 1 is 1.23 bits per heavy atom. The van der Waals surface area contributed by atoms with Crippen molar-refractivity contribution in [3.8, 4) is 0 Å². The molecule has 3 aromatic rings. The second kappa shape index (κ2) is 7.63. The Morgan fingerprint density at radius 3 is 2.85 bits per heavy atom. The summed E-state index contributed by atoms with van der Waals surface area (Å²) in [5, 5.41) is 5.93. The molecule has 1 aliphatic heterocycles. The van der Waals surface area contributed by atoms with Crippen molar-refractivity contribution in [1.82, 2.24) is 25.3 Å². The lowest BCUT2D eigenvalue weighted by molar-refractivity contribution is 0.373. The minimum atomic E-state index is 0.397. The van der Waals surface area contributed by atoms with Gasteiger partial charge in [-0.15, -0.1) is 11.3 Å². The zero-order valence-electron chi connectivity index (χ0n) is 15.2. The summed E-state index contributed by atoms with van der Waals surface area (Å²) in [6.07, 6.45) is 10.2. The van der Waals surface area contributed by atoms with E-state index in [-0.39, 0.29) is 0 Å². The van der Waals surface area contributed by atoms with Crippen LogP contribution in [0.15, 0.2) is 30.3 Å². The lowest BCUT2D eigenvalue weighted by atomic mass is 10.0. The largest absolute Gasteiger partial charge is 0.355 e. The molecule has 0 bridgehead atoms. The van der Waals surface area contributed by atoms with E-state index in [4.69, 9.17) is 0 Å². The Labute approximate surface area is 157 Å². The normalized spacial score (nSPS) is 16.9. The fraction of sp³-hybridized carbons (Fsp3) is 0.474. The van der Waals surface area contributed by atoms with Gasteiger partial charge in [0.15, 0.2) is 0 Å². The van der Waals surface area contributed by atoms with E-state index in [2.05, 4.69) is 49.4 Å². The maximum Gasteiger partial charge on any atom is 0.150 e. The molecule has 7 heteroatoms. The lowest BCUT2D eigenvalue weighted by Crippen LogP contribution is -2.46. The van der Waals surface area contributed by atoms with Gasteiger partial charge in [0.2, 0.25) is 0 Å². The number of nitrogens with zero attached hydrogens (tertiary/aromatic N) is 5. The molecule has 3 aromatic heterocycles. The number of thiophene rings is 1. The lowest BCUT2D eigenvalue weighted by Gasteiger charge is -2.34. The highest BCUT2D eigenvalue weighted by Crippen LogP contribution is 2.32. The van der Waals surface area contributed by atoms with Gasteiger partial charge < -0.3 is 10.2 Å². The number of anilines is 1. The molecular formula is C19H24N6S. The number of hydrogen-bond acceptors (Lipinski definition) is 7. The van der Waals surface area contributed by atoms with Gasteiger partial charge in [0.05, 0.1) is 15.9 Å². The molecule has 1 fully saturated rings. The fourth-order valence-corrected chi connectivity index (χ4v) is 4.67. The molecule has 26 heavy (non-hydrogen) atoms. The van der Waals surface area contributed by atoms with Gasteiger partial charge >= 0.3 is 0 Å². The van der Waals surface area contributed by atoms with E-state index in [1.165, 1.54) is 10.3 Å². The van der Waals surface area contributed by atoms with E-state index in [0.717, 1.165) is 49.4 Å². The topological polar surface area (TPSA) is 66.8 Å². The highest BCUT2D eigenvalue weighted by Gasteiger charge is 2.23. The molecule has 0 radical (unpaired) electrons. The average Bonchev–Trinajstić information content (AvgIpc) is 3.04. The van der Waals surface area contributed by atoms with Crippen LogP contribution in [0.25, 0.3) is 10.2 Å². The van der Waals surface area contributed by atoms with Gasteiger partial charge in [-0.25, -0.2) is 9.97 Å². The molecule has 136 valence electrons. The van der Waals surface area contributed by atoms with Crippen LogP contribution in [-0.4, -0.2) is 45.1 Å². The van der Waals surface area contributed by atoms with E-state index in [1.54, 1.807) is 30.1 Å². The fourth-order valence-electron chi connectivity index (χ4n) is 3.65. The monoisotopic (exact) mass is 368 g/mol. The first-order valence-corrected chi connectivity index (χ1v) is 10.0. The van der Waals surface area contributed by atoms with Gasteiger partial charge in [-0.3, -0.25) is 9.97 Å². The highest BCUT2D eigenvalue weighted by atomic mass is 32.1. The zero-order chi connectivity index (χ0) is 17.9. The molecule has 0 spiro atoms.